The van der Waals surface area contributed by atoms with Gasteiger partial charge in [0, 0.05) is 12.4 Å². The van der Waals surface area contributed by atoms with Gasteiger partial charge in [0.2, 0.25) is 5.78 Å². The zero-order valence-corrected chi connectivity index (χ0v) is 6.06. The molecule has 1 aromatic rings. The van der Waals surface area contributed by atoms with E-state index in [0.29, 0.717) is 0 Å². The van der Waals surface area contributed by atoms with Crippen LogP contribution in [0.1, 0.15) is 17.5 Å². The Labute approximate surface area is 63.9 Å². The fraction of sp³-hybridized carbons (Fsp3) is 0.286. The third-order valence-electron chi connectivity index (χ3n) is 1.17. The van der Waals surface area contributed by atoms with Crippen molar-refractivity contribution in [1.82, 2.24) is 9.97 Å². The fourth-order valence-electron chi connectivity index (χ4n) is 0.613. The van der Waals surface area contributed by atoms with Crippen LogP contribution in [0.15, 0.2) is 18.5 Å². The molecule has 0 radical (unpaired) electrons. The summed E-state index contributed by atoms with van der Waals surface area (Å²) in [7, 11) is 0. The Kier molecular flexibility index (Phi) is 2.28. The summed E-state index contributed by atoms with van der Waals surface area (Å²) in [6, 6.07) is 1.61. The SMILES string of the molecule is C[C@@H](O)C(=O)c1ncccn1. The van der Waals surface area contributed by atoms with E-state index in [4.69, 9.17) is 5.11 Å². The van der Waals surface area contributed by atoms with E-state index >= 15 is 0 Å². The van der Waals surface area contributed by atoms with Gasteiger partial charge in [-0.2, -0.15) is 0 Å². The van der Waals surface area contributed by atoms with Crippen LogP contribution in [-0.4, -0.2) is 27.0 Å². The number of hydrogen-bond donors (Lipinski definition) is 1. The summed E-state index contributed by atoms with van der Waals surface area (Å²) in [5.74, 6) is -0.395. The number of ketones is 1. The minimum absolute atomic E-state index is 0.0579. The van der Waals surface area contributed by atoms with Crippen LogP contribution >= 0.6 is 0 Å². The highest BCUT2D eigenvalue weighted by Crippen LogP contribution is 1.94. The van der Waals surface area contributed by atoms with E-state index in [2.05, 4.69) is 9.97 Å². The van der Waals surface area contributed by atoms with Crippen LogP contribution in [0.4, 0.5) is 0 Å². The first kappa shape index (κ1) is 7.81. The van der Waals surface area contributed by atoms with Gasteiger partial charge in [0.25, 0.3) is 0 Å². The van der Waals surface area contributed by atoms with Crippen LogP contribution in [0.2, 0.25) is 0 Å². The van der Waals surface area contributed by atoms with E-state index in [1.165, 1.54) is 19.3 Å². The highest BCUT2D eigenvalue weighted by Gasteiger charge is 2.13. The largest absolute Gasteiger partial charge is 0.385 e. The number of carbonyl (C=O) groups excluding carboxylic acids is 1. The van der Waals surface area contributed by atoms with Crippen molar-refractivity contribution < 1.29 is 9.90 Å². The average molecular weight is 152 g/mol. The minimum Gasteiger partial charge on any atom is -0.385 e. The van der Waals surface area contributed by atoms with Gasteiger partial charge >= 0.3 is 0 Å². The number of carbonyl (C=O) groups is 1. The minimum atomic E-state index is -1.03. The lowest BCUT2D eigenvalue weighted by molar-refractivity contribution is 0.0768. The highest BCUT2D eigenvalue weighted by molar-refractivity contribution is 5.95. The molecule has 58 valence electrons. The van der Waals surface area contributed by atoms with Crippen molar-refractivity contribution in [3.8, 4) is 0 Å². The summed E-state index contributed by atoms with van der Waals surface area (Å²) in [6.45, 7) is 1.39. The summed E-state index contributed by atoms with van der Waals surface area (Å²) in [4.78, 5) is 18.3. The lowest BCUT2D eigenvalue weighted by atomic mass is 10.2. The molecule has 0 saturated heterocycles. The predicted molar refractivity (Wildman–Crippen MR) is 38.0 cm³/mol. The summed E-state index contributed by atoms with van der Waals surface area (Å²) in [5, 5.41) is 8.84. The monoisotopic (exact) mass is 152 g/mol. The van der Waals surface area contributed by atoms with Gasteiger partial charge in [-0.15, -0.1) is 0 Å². The number of aromatic nitrogens is 2. The van der Waals surface area contributed by atoms with Crippen molar-refractivity contribution in [2.45, 2.75) is 13.0 Å². The zero-order valence-electron chi connectivity index (χ0n) is 6.06. The Balaban J connectivity index is 2.86. The molecule has 1 aromatic heterocycles. The molecular formula is C7H8N2O2. The third kappa shape index (κ3) is 1.81. The van der Waals surface area contributed by atoms with Crippen molar-refractivity contribution in [2.75, 3.05) is 0 Å². The first-order chi connectivity index (χ1) is 5.22. The molecule has 0 spiro atoms. The molecule has 0 aromatic carbocycles. The number of aliphatic hydroxyl groups is 1. The second-order valence-electron chi connectivity index (χ2n) is 2.11. The van der Waals surface area contributed by atoms with E-state index in [1.54, 1.807) is 6.07 Å². The molecule has 1 N–H and O–H groups in total. The topological polar surface area (TPSA) is 63.1 Å². The second-order valence-corrected chi connectivity index (χ2v) is 2.11. The lowest BCUT2D eigenvalue weighted by Crippen LogP contribution is -2.18. The van der Waals surface area contributed by atoms with Gasteiger partial charge < -0.3 is 5.11 Å². The van der Waals surface area contributed by atoms with Crippen LogP contribution in [0.3, 0.4) is 0 Å². The van der Waals surface area contributed by atoms with Gasteiger partial charge in [-0.05, 0) is 13.0 Å². The van der Waals surface area contributed by atoms with Gasteiger partial charge in [0.15, 0.2) is 5.82 Å². The van der Waals surface area contributed by atoms with E-state index in [0.717, 1.165) is 0 Å². The Bertz CT molecular complexity index is 246. The van der Waals surface area contributed by atoms with Gasteiger partial charge in [-0.3, -0.25) is 4.79 Å². The molecule has 0 aliphatic heterocycles. The molecule has 0 aliphatic carbocycles. The summed E-state index contributed by atoms with van der Waals surface area (Å²) < 4.78 is 0. The predicted octanol–water partition coefficient (Wildman–Crippen LogP) is 0.0401. The molecule has 0 amide bonds. The Morgan fingerprint density at radius 3 is 2.55 bits per heavy atom. The van der Waals surface area contributed by atoms with Crippen LogP contribution in [0.25, 0.3) is 0 Å². The molecule has 1 atom stereocenters. The van der Waals surface area contributed by atoms with E-state index in [1.807, 2.05) is 0 Å². The Morgan fingerprint density at radius 1 is 1.55 bits per heavy atom. The summed E-state index contributed by atoms with van der Waals surface area (Å²) in [6.07, 6.45) is 1.89. The molecule has 11 heavy (non-hydrogen) atoms. The first-order valence-corrected chi connectivity index (χ1v) is 3.21. The number of aliphatic hydroxyl groups excluding tert-OH is 1. The maximum atomic E-state index is 11.0. The molecule has 0 saturated carbocycles. The molecular weight excluding hydrogens is 144 g/mol. The molecule has 4 nitrogen and oxygen atoms in total. The van der Waals surface area contributed by atoms with Gasteiger partial charge in [0.1, 0.15) is 6.10 Å². The number of nitrogens with zero attached hydrogens (tertiary/aromatic N) is 2. The highest BCUT2D eigenvalue weighted by atomic mass is 16.3. The Morgan fingerprint density at radius 2 is 2.09 bits per heavy atom. The molecule has 0 fully saturated rings. The van der Waals surface area contributed by atoms with Crippen molar-refractivity contribution in [3.63, 3.8) is 0 Å². The quantitative estimate of drug-likeness (QED) is 0.608. The average Bonchev–Trinajstić information content (AvgIpc) is 2.05. The maximum absolute atomic E-state index is 11.0. The van der Waals surface area contributed by atoms with E-state index in [9.17, 15) is 4.79 Å². The van der Waals surface area contributed by atoms with Crippen LogP contribution in [0.5, 0.6) is 0 Å². The molecule has 0 unspecified atom stereocenters. The van der Waals surface area contributed by atoms with Crippen molar-refractivity contribution in [3.05, 3.63) is 24.3 Å². The Hall–Kier alpha value is -1.29. The summed E-state index contributed by atoms with van der Waals surface area (Å²) >= 11 is 0. The second kappa shape index (κ2) is 3.21. The van der Waals surface area contributed by atoms with Crippen LogP contribution < -0.4 is 0 Å². The van der Waals surface area contributed by atoms with Gasteiger partial charge in [-0.1, -0.05) is 0 Å². The normalized spacial score (nSPS) is 12.5. The van der Waals surface area contributed by atoms with E-state index in [-0.39, 0.29) is 5.82 Å². The molecule has 1 heterocycles. The smallest absolute Gasteiger partial charge is 0.228 e. The van der Waals surface area contributed by atoms with Gasteiger partial charge in [-0.25, -0.2) is 9.97 Å². The molecule has 4 heteroatoms. The first-order valence-electron chi connectivity index (χ1n) is 3.21. The maximum Gasteiger partial charge on any atom is 0.228 e. The van der Waals surface area contributed by atoms with E-state index < -0.39 is 11.9 Å². The fourth-order valence-corrected chi connectivity index (χ4v) is 0.613. The van der Waals surface area contributed by atoms with Gasteiger partial charge in [0.05, 0.1) is 0 Å². The number of Topliss-reactive ketones (excluding diaryl/α,β-unsaturated/α-hetero) is 1. The van der Waals surface area contributed by atoms with Crippen molar-refractivity contribution in [2.24, 2.45) is 0 Å². The third-order valence-corrected chi connectivity index (χ3v) is 1.17. The molecule has 0 bridgehead atoms. The van der Waals surface area contributed by atoms with Crippen molar-refractivity contribution in [1.29, 1.82) is 0 Å². The standard InChI is InChI=1S/C7H8N2O2/c1-5(10)6(11)7-8-3-2-4-9-7/h2-5,10H,1H3/t5-/m1/s1. The molecule has 1 rings (SSSR count). The van der Waals surface area contributed by atoms with Crippen molar-refractivity contribution >= 4 is 5.78 Å². The van der Waals surface area contributed by atoms with Crippen LogP contribution in [0, 0.1) is 0 Å². The molecule has 0 aliphatic rings. The zero-order chi connectivity index (χ0) is 8.27. The van der Waals surface area contributed by atoms with Crippen LogP contribution in [-0.2, 0) is 0 Å². The lowest BCUT2D eigenvalue weighted by Gasteiger charge is -1.99. The number of hydrogen-bond acceptors (Lipinski definition) is 4. The number of rotatable bonds is 2. The summed E-state index contributed by atoms with van der Waals surface area (Å²) in [5.41, 5.74) is 0.